The molecule has 228 valence electrons. The zero-order valence-corrected chi connectivity index (χ0v) is 28.5. The molecule has 4 aromatic rings. The minimum Gasteiger partial charge on any atom is -0.494 e. The number of carbonyl (C=O) groups is 1. The topological polar surface area (TPSA) is 91.9 Å². The highest BCUT2D eigenvalue weighted by Gasteiger charge is 2.24. The summed E-state index contributed by atoms with van der Waals surface area (Å²) in [5.74, 6) is 1.29. The van der Waals surface area contributed by atoms with Gasteiger partial charge in [0.1, 0.15) is 17.1 Å². The second-order valence-electron chi connectivity index (χ2n) is 10.4. The molecule has 0 bridgehead atoms. The lowest BCUT2D eigenvalue weighted by atomic mass is 10.2. The molecule has 0 unspecified atom stereocenters. The first kappa shape index (κ1) is 31.6. The number of rotatable bonds is 9. The molecule has 1 amide bonds. The Morgan fingerprint density at radius 2 is 1.91 bits per heavy atom. The van der Waals surface area contributed by atoms with Crippen molar-refractivity contribution >= 4 is 89.5 Å². The Morgan fingerprint density at radius 3 is 2.58 bits per heavy atom. The molecular formula is C30H33BrCl2N6O3S. The summed E-state index contributed by atoms with van der Waals surface area (Å²) in [4.78, 5) is 27.3. The highest BCUT2D eigenvalue weighted by molar-refractivity contribution is 9.10. The van der Waals surface area contributed by atoms with E-state index in [9.17, 15) is 4.79 Å². The maximum Gasteiger partial charge on any atom is 0.258 e. The van der Waals surface area contributed by atoms with Gasteiger partial charge in [-0.15, -0.1) is 11.3 Å². The SMILES string of the molecule is CCN1CCN(c2ccc(Nc3ncnc4c(C(=O)Nc5c(Cl)c(C)c(Br)c(OC)c5Cl)csc34)c(OC(C)C)c2)CC1. The third kappa shape index (κ3) is 6.51. The van der Waals surface area contributed by atoms with Crippen LogP contribution < -0.4 is 25.0 Å². The summed E-state index contributed by atoms with van der Waals surface area (Å²) >= 11 is 17.9. The van der Waals surface area contributed by atoms with E-state index >= 15 is 0 Å². The molecular weight excluding hydrogens is 675 g/mol. The Labute approximate surface area is 273 Å². The Kier molecular flexibility index (Phi) is 9.87. The van der Waals surface area contributed by atoms with Gasteiger partial charge < -0.3 is 29.9 Å². The molecule has 2 aromatic heterocycles. The molecule has 1 aliphatic rings. The Bertz CT molecular complexity index is 1660. The molecule has 13 heteroatoms. The average Bonchev–Trinajstić information content (AvgIpc) is 3.44. The van der Waals surface area contributed by atoms with Crippen molar-refractivity contribution in [2.45, 2.75) is 33.8 Å². The van der Waals surface area contributed by atoms with E-state index in [2.05, 4.69) is 65.4 Å². The predicted octanol–water partition coefficient (Wildman–Crippen LogP) is 8.00. The van der Waals surface area contributed by atoms with Gasteiger partial charge in [-0.2, -0.15) is 0 Å². The number of likely N-dealkylation sites (N-methyl/N-ethyl adjacent to an activating group) is 1. The van der Waals surface area contributed by atoms with Crippen molar-refractivity contribution in [3.63, 3.8) is 0 Å². The molecule has 0 spiro atoms. The summed E-state index contributed by atoms with van der Waals surface area (Å²) in [6.45, 7) is 13.1. The van der Waals surface area contributed by atoms with Gasteiger partial charge in [-0.3, -0.25) is 4.79 Å². The van der Waals surface area contributed by atoms with Gasteiger partial charge in [-0.25, -0.2) is 9.97 Å². The van der Waals surface area contributed by atoms with Crippen molar-refractivity contribution in [2.24, 2.45) is 0 Å². The van der Waals surface area contributed by atoms with Crippen LogP contribution in [0.2, 0.25) is 10.0 Å². The summed E-state index contributed by atoms with van der Waals surface area (Å²) < 4.78 is 13.0. The number of methoxy groups -OCH3 is 1. The number of ether oxygens (including phenoxy) is 2. The molecule has 0 aliphatic carbocycles. The first-order valence-electron chi connectivity index (χ1n) is 13.9. The van der Waals surface area contributed by atoms with Crippen LogP contribution in [0.3, 0.4) is 0 Å². The second kappa shape index (κ2) is 13.4. The number of amides is 1. The van der Waals surface area contributed by atoms with Crippen molar-refractivity contribution in [1.29, 1.82) is 0 Å². The van der Waals surface area contributed by atoms with Gasteiger partial charge in [0, 0.05) is 43.3 Å². The smallest absolute Gasteiger partial charge is 0.258 e. The van der Waals surface area contributed by atoms with Crippen LogP contribution in [0.5, 0.6) is 11.5 Å². The Morgan fingerprint density at radius 1 is 1.16 bits per heavy atom. The highest BCUT2D eigenvalue weighted by atomic mass is 79.9. The summed E-state index contributed by atoms with van der Waals surface area (Å²) in [5.41, 5.74) is 3.74. The monoisotopic (exact) mass is 706 g/mol. The van der Waals surface area contributed by atoms with Gasteiger partial charge in [-0.1, -0.05) is 30.1 Å². The largest absolute Gasteiger partial charge is 0.494 e. The number of halogens is 3. The first-order valence-corrected chi connectivity index (χ1v) is 16.3. The van der Waals surface area contributed by atoms with E-state index in [4.69, 9.17) is 32.7 Å². The molecule has 2 aromatic carbocycles. The zero-order valence-electron chi connectivity index (χ0n) is 24.6. The number of anilines is 4. The number of aromatic nitrogens is 2. The highest BCUT2D eigenvalue weighted by Crippen LogP contribution is 2.46. The van der Waals surface area contributed by atoms with Gasteiger partial charge in [0.15, 0.2) is 11.6 Å². The molecule has 0 saturated carbocycles. The Hall–Kier alpha value is -2.83. The van der Waals surface area contributed by atoms with Crippen LogP contribution in [0.25, 0.3) is 10.2 Å². The maximum atomic E-state index is 13.5. The van der Waals surface area contributed by atoms with Crippen LogP contribution in [0.4, 0.5) is 22.9 Å². The first-order chi connectivity index (χ1) is 20.6. The normalized spacial score (nSPS) is 13.9. The summed E-state index contributed by atoms with van der Waals surface area (Å²) in [5, 5.41) is 8.54. The second-order valence-corrected chi connectivity index (χ2v) is 12.8. The van der Waals surface area contributed by atoms with E-state index in [1.807, 2.05) is 26.8 Å². The number of carbonyl (C=O) groups excluding carboxylic acids is 1. The molecule has 43 heavy (non-hydrogen) atoms. The molecule has 0 atom stereocenters. The molecule has 1 saturated heterocycles. The lowest BCUT2D eigenvalue weighted by molar-refractivity contribution is 0.102. The van der Waals surface area contributed by atoms with Crippen LogP contribution in [-0.2, 0) is 0 Å². The van der Waals surface area contributed by atoms with Crippen LogP contribution in [-0.4, -0.2) is 66.7 Å². The lowest BCUT2D eigenvalue weighted by Gasteiger charge is -2.35. The van der Waals surface area contributed by atoms with Crippen molar-refractivity contribution < 1.29 is 14.3 Å². The molecule has 1 fully saturated rings. The van der Waals surface area contributed by atoms with E-state index in [0.29, 0.717) is 37.7 Å². The van der Waals surface area contributed by atoms with E-state index < -0.39 is 5.91 Å². The van der Waals surface area contributed by atoms with Gasteiger partial charge in [-0.05, 0) is 60.9 Å². The number of fused-ring (bicyclic) bond motifs is 1. The van der Waals surface area contributed by atoms with E-state index in [1.54, 1.807) is 5.38 Å². The van der Waals surface area contributed by atoms with Gasteiger partial charge >= 0.3 is 0 Å². The third-order valence-electron chi connectivity index (χ3n) is 7.30. The molecule has 9 nitrogen and oxygen atoms in total. The van der Waals surface area contributed by atoms with Crippen molar-refractivity contribution in [3.8, 4) is 11.5 Å². The van der Waals surface area contributed by atoms with Crippen molar-refractivity contribution in [2.75, 3.05) is 55.4 Å². The zero-order chi connectivity index (χ0) is 30.8. The summed E-state index contributed by atoms with van der Waals surface area (Å²) in [6.07, 6.45) is 1.42. The average molecular weight is 709 g/mol. The van der Waals surface area contributed by atoms with Gasteiger partial charge in [0.2, 0.25) is 0 Å². The number of hydrogen-bond donors (Lipinski definition) is 2. The van der Waals surface area contributed by atoms with Crippen molar-refractivity contribution in [3.05, 3.63) is 55.6 Å². The van der Waals surface area contributed by atoms with Gasteiger partial charge in [0.05, 0.1) is 49.9 Å². The van der Waals surface area contributed by atoms with E-state index in [1.165, 1.54) is 24.8 Å². The molecule has 5 rings (SSSR count). The molecule has 1 aliphatic heterocycles. The summed E-state index contributed by atoms with van der Waals surface area (Å²) in [6, 6.07) is 6.20. The van der Waals surface area contributed by atoms with Gasteiger partial charge in [0.25, 0.3) is 5.91 Å². The van der Waals surface area contributed by atoms with Crippen LogP contribution >= 0.6 is 50.5 Å². The number of benzene rings is 2. The summed E-state index contributed by atoms with van der Waals surface area (Å²) in [7, 11) is 1.50. The minimum atomic E-state index is -0.403. The maximum absolute atomic E-state index is 13.5. The Balaban J connectivity index is 1.43. The predicted molar refractivity (Wildman–Crippen MR) is 181 cm³/mol. The molecule has 0 radical (unpaired) electrons. The fourth-order valence-electron chi connectivity index (χ4n) is 4.94. The number of piperazine rings is 1. The number of nitrogens with one attached hydrogen (secondary N) is 2. The van der Waals surface area contributed by atoms with Crippen LogP contribution in [0, 0.1) is 6.92 Å². The number of thiophene rings is 1. The van der Waals surface area contributed by atoms with Crippen molar-refractivity contribution in [1.82, 2.24) is 14.9 Å². The fourth-order valence-corrected chi connectivity index (χ4v) is 7.27. The van der Waals surface area contributed by atoms with Crippen LogP contribution in [0.15, 0.2) is 34.4 Å². The fraction of sp³-hybridized carbons (Fsp3) is 0.367. The van der Waals surface area contributed by atoms with Crippen LogP contribution in [0.1, 0.15) is 36.7 Å². The molecule has 3 heterocycles. The third-order valence-corrected chi connectivity index (χ3v) is 10.1. The standard InChI is InChI=1S/C30H33BrCl2N6O3S/c1-6-38-9-11-39(12-10-38)18-7-8-20(21(13-18)42-16(2)3)36-29-28-25(34-15-35-29)19(14-43-28)30(40)37-26-23(32)17(4)22(31)27(41-5)24(26)33/h7-8,13-16H,6,9-12H2,1-5H3,(H,37,40)(H,34,35,36). The van der Waals surface area contributed by atoms with E-state index in [-0.39, 0.29) is 16.8 Å². The molecule has 2 N–H and O–H groups in total. The number of nitrogens with zero attached hydrogens (tertiary/aromatic N) is 4. The minimum absolute atomic E-state index is 0.0188. The number of hydrogen-bond acceptors (Lipinski definition) is 9. The van der Waals surface area contributed by atoms with E-state index in [0.717, 1.165) is 54.5 Å². The lowest BCUT2D eigenvalue weighted by Crippen LogP contribution is -2.46. The quantitative estimate of drug-likeness (QED) is 0.181.